The van der Waals surface area contributed by atoms with Gasteiger partial charge in [-0.15, -0.1) is 0 Å². The van der Waals surface area contributed by atoms with Crippen molar-refractivity contribution in [3.63, 3.8) is 0 Å². The Kier molecular flexibility index (Phi) is 51.5. The van der Waals surface area contributed by atoms with Gasteiger partial charge in [0.25, 0.3) is 0 Å². The zero-order valence-electron chi connectivity index (χ0n) is 43.6. The molecule has 3 atom stereocenters. The molecule has 65 heavy (non-hydrogen) atoms. The van der Waals surface area contributed by atoms with E-state index in [0.717, 1.165) is 77.0 Å². The molecule has 0 aromatic rings. The molecular formula is C59H111NO5. The van der Waals surface area contributed by atoms with Crippen LogP contribution in [0.1, 0.15) is 303 Å². The standard InChI is InChI=1S/C59H111NO5/c1-4-7-10-13-16-19-22-25-27-29-30-33-36-39-42-45-48-51-57(62)56(54-61)60-58(63)53-55(50-47-44-41-38-35-32-24-21-18-15-12-9-6-3)65-59(64)52-49-46-43-40-37-34-31-28-26-23-20-17-14-11-8-5-2/h21,24,28,31,34,37,55-57,61-62H,4-20,22-23,25-27,29-30,32-33,35-36,38-54H2,1-3H3,(H,60,63)/b24-21-,31-28+,37-34+. The van der Waals surface area contributed by atoms with E-state index in [1.165, 1.54) is 180 Å². The Bertz CT molecular complexity index is 1070. The number of allylic oxidation sites excluding steroid dienone is 6. The Labute approximate surface area is 404 Å². The van der Waals surface area contributed by atoms with Crippen molar-refractivity contribution >= 4 is 11.9 Å². The molecule has 0 aliphatic carbocycles. The van der Waals surface area contributed by atoms with Gasteiger partial charge in [0.05, 0.1) is 25.2 Å². The highest BCUT2D eigenvalue weighted by molar-refractivity contribution is 5.77. The van der Waals surface area contributed by atoms with Crippen LogP contribution in [0.3, 0.4) is 0 Å². The molecule has 6 heteroatoms. The highest BCUT2D eigenvalue weighted by atomic mass is 16.5. The van der Waals surface area contributed by atoms with Crippen LogP contribution in [0.5, 0.6) is 0 Å². The van der Waals surface area contributed by atoms with E-state index in [1.54, 1.807) is 0 Å². The van der Waals surface area contributed by atoms with E-state index in [2.05, 4.69) is 62.5 Å². The fourth-order valence-corrected chi connectivity index (χ4v) is 8.83. The summed E-state index contributed by atoms with van der Waals surface area (Å²) in [6.07, 6.45) is 63.5. The number of rotatable bonds is 52. The molecule has 0 aromatic carbocycles. The molecule has 3 unspecified atom stereocenters. The van der Waals surface area contributed by atoms with Crippen molar-refractivity contribution in [2.45, 2.75) is 322 Å². The molecule has 0 bridgehead atoms. The summed E-state index contributed by atoms with van der Waals surface area (Å²) in [5.74, 6) is -0.501. The predicted octanol–water partition coefficient (Wildman–Crippen LogP) is 17.6. The number of amides is 1. The molecule has 382 valence electrons. The Hall–Kier alpha value is -1.92. The first-order valence-corrected chi connectivity index (χ1v) is 28.7. The highest BCUT2D eigenvalue weighted by Gasteiger charge is 2.24. The number of hydrogen-bond donors (Lipinski definition) is 3. The van der Waals surface area contributed by atoms with Gasteiger partial charge >= 0.3 is 5.97 Å². The summed E-state index contributed by atoms with van der Waals surface area (Å²) in [6.45, 7) is 6.49. The molecular weight excluding hydrogens is 803 g/mol. The minimum atomic E-state index is -0.794. The van der Waals surface area contributed by atoms with Gasteiger partial charge < -0.3 is 20.3 Å². The quantitative estimate of drug-likeness (QED) is 0.0244. The number of nitrogens with one attached hydrogen (secondary N) is 1. The van der Waals surface area contributed by atoms with Gasteiger partial charge in [0.1, 0.15) is 6.10 Å². The molecule has 0 aliphatic heterocycles. The third-order valence-corrected chi connectivity index (χ3v) is 13.2. The van der Waals surface area contributed by atoms with Crippen LogP contribution in [-0.2, 0) is 14.3 Å². The average Bonchev–Trinajstić information content (AvgIpc) is 3.30. The van der Waals surface area contributed by atoms with E-state index in [-0.39, 0.29) is 24.9 Å². The van der Waals surface area contributed by atoms with E-state index >= 15 is 0 Å². The van der Waals surface area contributed by atoms with Crippen LogP contribution in [0, 0.1) is 0 Å². The first kappa shape index (κ1) is 63.1. The van der Waals surface area contributed by atoms with Gasteiger partial charge in [0.15, 0.2) is 0 Å². The number of unbranched alkanes of at least 4 members (excludes halogenated alkanes) is 35. The summed E-state index contributed by atoms with van der Waals surface area (Å²) in [5.41, 5.74) is 0. The SMILES string of the molecule is CCCCCC/C=C\CCCCCCCC(CC(=O)NC(CO)C(O)CCCCCCCCCCCCCCCCCCC)OC(=O)CCCCC/C=C/C=C/CCCCCCCCC. The van der Waals surface area contributed by atoms with Crippen LogP contribution in [0.25, 0.3) is 0 Å². The lowest BCUT2D eigenvalue weighted by Gasteiger charge is -2.24. The Balaban J connectivity index is 4.54. The molecule has 0 aromatic heterocycles. The number of carbonyl (C=O) groups is 2. The number of esters is 1. The second-order valence-corrected chi connectivity index (χ2v) is 19.7. The Morgan fingerprint density at radius 3 is 1.20 bits per heavy atom. The molecule has 0 aliphatic rings. The molecule has 1 amide bonds. The van der Waals surface area contributed by atoms with Crippen molar-refractivity contribution in [1.82, 2.24) is 5.32 Å². The summed E-state index contributed by atoms with van der Waals surface area (Å²) in [7, 11) is 0. The van der Waals surface area contributed by atoms with Crippen molar-refractivity contribution in [3.05, 3.63) is 36.5 Å². The van der Waals surface area contributed by atoms with Crippen LogP contribution in [0.2, 0.25) is 0 Å². The number of carbonyl (C=O) groups excluding carboxylic acids is 2. The normalized spacial score (nSPS) is 13.4. The number of aliphatic hydroxyl groups is 2. The molecule has 6 nitrogen and oxygen atoms in total. The minimum Gasteiger partial charge on any atom is -0.462 e. The van der Waals surface area contributed by atoms with E-state index in [0.29, 0.717) is 19.3 Å². The zero-order chi connectivity index (χ0) is 47.4. The van der Waals surface area contributed by atoms with E-state index in [9.17, 15) is 19.8 Å². The second kappa shape index (κ2) is 53.0. The average molecular weight is 915 g/mol. The Morgan fingerprint density at radius 1 is 0.446 bits per heavy atom. The predicted molar refractivity (Wildman–Crippen MR) is 282 cm³/mol. The zero-order valence-corrected chi connectivity index (χ0v) is 43.6. The van der Waals surface area contributed by atoms with Crippen molar-refractivity contribution in [2.24, 2.45) is 0 Å². The van der Waals surface area contributed by atoms with E-state index < -0.39 is 18.2 Å². The first-order valence-electron chi connectivity index (χ1n) is 28.7. The van der Waals surface area contributed by atoms with Crippen molar-refractivity contribution in [2.75, 3.05) is 6.61 Å². The Morgan fingerprint density at radius 2 is 0.785 bits per heavy atom. The fourth-order valence-electron chi connectivity index (χ4n) is 8.83. The maximum Gasteiger partial charge on any atom is 0.306 e. The summed E-state index contributed by atoms with van der Waals surface area (Å²) in [6, 6.07) is -0.708. The maximum absolute atomic E-state index is 13.3. The third-order valence-electron chi connectivity index (χ3n) is 13.2. The molecule has 0 saturated carbocycles. The van der Waals surface area contributed by atoms with Crippen molar-refractivity contribution in [3.8, 4) is 0 Å². The van der Waals surface area contributed by atoms with Gasteiger partial charge in [0, 0.05) is 6.42 Å². The summed E-state index contributed by atoms with van der Waals surface area (Å²) >= 11 is 0. The lowest BCUT2D eigenvalue weighted by molar-refractivity contribution is -0.151. The van der Waals surface area contributed by atoms with Gasteiger partial charge in [-0.3, -0.25) is 9.59 Å². The lowest BCUT2D eigenvalue weighted by Crippen LogP contribution is -2.46. The summed E-state index contributed by atoms with van der Waals surface area (Å²) < 4.78 is 5.94. The van der Waals surface area contributed by atoms with Crippen molar-refractivity contribution < 1.29 is 24.5 Å². The summed E-state index contributed by atoms with van der Waals surface area (Å²) in [5, 5.41) is 23.9. The monoisotopic (exact) mass is 914 g/mol. The van der Waals surface area contributed by atoms with Gasteiger partial charge in [0.2, 0.25) is 5.91 Å². The first-order chi connectivity index (χ1) is 32.0. The molecule has 0 radical (unpaired) electrons. The van der Waals surface area contributed by atoms with E-state index in [4.69, 9.17) is 4.74 Å². The highest BCUT2D eigenvalue weighted by Crippen LogP contribution is 2.18. The molecule has 0 spiro atoms. The molecule has 3 N–H and O–H groups in total. The molecule has 0 heterocycles. The lowest BCUT2D eigenvalue weighted by atomic mass is 10.0. The smallest absolute Gasteiger partial charge is 0.306 e. The van der Waals surface area contributed by atoms with Crippen LogP contribution in [-0.4, -0.2) is 46.9 Å². The number of hydrogen-bond acceptors (Lipinski definition) is 5. The van der Waals surface area contributed by atoms with Crippen LogP contribution in [0.15, 0.2) is 36.5 Å². The fraction of sp³-hybridized carbons (Fsp3) is 0.864. The van der Waals surface area contributed by atoms with Crippen LogP contribution >= 0.6 is 0 Å². The maximum atomic E-state index is 13.3. The summed E-state index contributed by atoms with van der Waals surface area (Å²) in [4.78, 5) is 26.2. The topological polar surface area (TPSA) is 95.9 Å². The van der Waals surface area contributed by atoms with Gasteiger partial charge in [-0.25, -0.2) is 0 Å². The molecule has 0 rings (SSSR count). The van der Waals surface area contributed by atoms with Crippen LogP contribution < -0.4 is 5.32 Å². The van der Waals surface area contributed by atoms with E-state index in [1.807, 2.05) is 0 Å². The molecule has 0 saturated heterocycles. The van der Waals surface area contributed by atoms with Gasteiger partial charge in [-0.05, 0) is 77.0 Å². The molecule has 0 fully saturated rings. The number of ether oxygens (including phenoxy) is 1. The van der Waals surface area contributed by atoms with Gasteiger partial charge in [-0.1, -0.05) is 250 Å². The van der Waals surface area contributed by atoms with Gasteiger partial charge in [-0.2, -0.15) is 0 Å². The van der Waals surface area contributed by atoms with Crippen LogP contribution in [0.4, 0.5) is 0 Å². The number of aliphatic hydroxyl groups excluding tert-OH is 2. The minimum absolute atomic E-state index is 0.0639. The third kappa shape index (κ3) is 48.3. The second-order valence-electron chi connectivity index (χ2n) is 19.7. The van der Waals surface area contributed by atoms with Crippen molar-refractivity contribution in [1.29, 1.82) is 0 Å². The largest absolute Gasteiger partial charge is 0.462 e.